The monoisotopic (exact) mass is 390 g/mol. The van der Waals surface area contributed by atoms with Crippen LogP contribution in [0.3, 0.4) is 0 Å². The number of amides is 1. The highest BCUT2D eigenvalue weighted by Gasteiger charge is 2.25. The molecule has 0 fully saturated rings. The lowest BCUT2D eigenvalue weighted by atomic mass is 10.0. The van der Waals surface area contributed by atoms with E-state index in [-0.39, 0.29) is 11.7 Å². The standard InChI is InChI=1S/C23H19FN2OS/c24-21-12-6-17(7-13-21)16-28-23-25-14-15-26(23)22(27)20-10-8-19(9-11-20)18-4-2-1-3-5-18/h1-13H,14-16H2. The number of halogens is 1. The fraction of sp³-hybridized carbons (Fsp3) is 0.130. The largest absolute Gasteiger partial charge is 0.286 e. The summed E-state index contributed by atoms with van der Waals surface area (Å²) in [4.78, 5) is 19.1. The van der Waals surface area contributed by atoms with E-state index in [9.17, 15) is 9.18 Å². The molecule has 0 aliphatic carbocycles. The number of hydrogen-bond acceptors (Lipinski definition) is 3. The molecular formula is C23H19FN2OS. The van der Waals surface area contributed by atoms with Crippen LogP contribution in [0.2, 0.25) is 0 Å². The molecule has 0 radical (unpaired) electrons. The van der Waals surface area contributed by atoms with Crippen molar-refractivity contribution >= 4 is 22.8 Å². The third kappa shape index (κ3) is 4.15. The maximum Gasteiger partial charge on any atom is 0.259 e. The van der Waals surface area contributed by atoms with E-state index in [1.54, 1.807) is 17.0 Å². The van der Waals surface area contributed by atoms with Crippen molar-refractivity contribution in [3.63, 3.8) is 0 Å². The fourth-order valence-electron chi connectivity index (χ4n) is 3.06. The van der Waals surface area contributed by atoms with Gasteiger partial charge in [-0.05, 0) is 41.0 Å². The molecule has 28 heavy (non-hydrogen) atoms. The first-order chi connectivity index (χ1) is 13.7. The topological polar surface area (TPSA) is 32.7 Å². The number of aliphatic imine (C=N–C) groups is 1. The number of carbonyl (C=O) groups is 1. The zero-order valence-electron chi connectivity index (χ0n) is 15.2. The van der Waals surface area contributed by atoms with Gasteiger partial charge < -0.3 is 0 Å². The fourth-order valence-corrected chi connectivity index (χ4v) is 4.06. The van der Waals surface area contributed by atoms with Crippen LogP contribution in [0.5, 0.6) is 0 Å². The summed E-state index contributed by atoms with van der Waals surface area (Å²) < 4.78 is 13.0. The lowest BCUT2D eigenvalue weighted by Gasteiger charge is -2.18. The van der Waals surface area contributed by atoms with Crippen LogP contribution < -0.4 is 0 Å². The molecule has 0 spiro atoms. The minimum atomic E-state index is -0.247. The Morgan fingerprint density at radius 2 is 1.61 bits per heavy atom. The van der Waals surface area contributed by atoms with Gasteiger partial charge in [-0.3, -0.25) is 14.7 Å². The van der Waals surface area contributed by atoms with E-state index in [2.05, 4.69) is 4.99 Å². The van der Waals surface area contributed by atoms with Crippen LogP contribution in [0.4, 0.5) is 4.39 Å². The highest BCUT2D eigenvalue weighted by Crippen LogP contribution is 2.23. The molecular weight excluding hydrogens is 371 g/mol. The minimum Gasteiger partial charge on any atom is -0.286 e. The molecule has 0 saturated heterocycles. The van der Waals surface area contributed by atoms with Crippen LogP contribution in [0.15, 0.2) is 83.9 Å². The average molecular weight is 390 g/mol. The first-order valence-electron chi connectivity index (χ1n) is 9.10. The van der Waals surface area contributed by atoms with Crippen molar-refractivity contribution in [2.24, 2.45) is 4.99 Å². The summed E-state index contributed by atoms with van der Waals surface area (Å²) in [6, 6.07) is 24.2. The molecule has 0 saturated carbocycles. The van der Waals surface area contributed by atoms with Gasteiger partial charge in [0, 0.05) is 17.9 Å². The summed E-state index contributed by atoms with van der Waals surface area (Å²) in [5.74, 6) is 0.362. The number of benzene rings is 3. The molecule has 4 rings (SSSR count). The maximum atomic E-state index is 13.0. The van der Waals surface area contributed by atoms with Gasteiger partial charge in [-0.25, -0.2) is 4.39 Å². The number of hydrogen-bond donors (Lipinski definition) is 0. The Hall–Kier alpha value is -2.92. The van der Waals surface area contributed by atoms with Crippen molar-refractivity contribution in [3.8, 4) is 11.1 Å². The summed E-state index contributed by atoms with van der Waals surface area (Å²) >= 11 is 1.51. The van der Waals surface area contributed by atoms with Crippen LogP contribution in [0, 0.1) is 5.82 Å². The molecule has 140 valence electrons. The second kappa shape index (κ2) is 8.40. The van der Waals surface area contributed by atoms with Crippen LogP contribution in [-0.4, -0.2) is 29.1 Å². The molecule has 3 nitrogen and oxygen atoms in total. The Kier molecular flexibility index (Phi) is 5.53. The average Bonchev–Trinajstić information content (AvgIpc) is 3.22. The Morgan fingerprint density at radius 1 is 0.929 bits per heavy atom. The van der Waals surface area contributed by atoms with E-state index < -0.39 is 0 Å². The van der Waals surface area contributed by atoms with E-state index in [1.807, 2.05) is 54.6 Å². The first kappa shape index (κ1) is 18.4. The molecule has 1 heterocycles. The number of amidine groups is 1. The summed E-state index contributed by atoms with van der Waals surface area (Å²) in [6.07, 6.45) is 0. The number of carbonyl (C=O) groups excluding carboxylic acids is 1. The predicted octanol–water partition coefficient (Wildman–Crippen LogP) is 5.24. The maximum absolute atomic E-state index is 13.0. The molecule has 1 amide bonds. The van der Waals surface area contributed by atoms with Crippen molar-refractivity contribution in [2.75, 3.05) is 13.1 Å². The molecule has 3 aromatic carbocycles. The molecule has 0 aromatic heterocycles. The van der Waals surface area contributed by atoms with Crippen LogP contribution in [0.25, 0.3) is 11.1 Å². The van der Waals surface area contributed by atoms with Gasteiger partial charge >= 0.3 is 0 Å². The quantitative estimate of drug-likeness (QED) is 0.610. The summed E-state index contributed by atoms with van der Waals surface area (Å²) in [5, 5.41) is 0.724. The molecule has 0 bridgehead atoms. The van der Waals surface area contributed by atoms with Gasteiger partial charge in [0.1, 0.15) is 5.82 Å². The Morgan fingerprint density at radius 3 is 2.32 bits per heavy atom. The third-order valence-corrected chi connectivity index (χ3v) is 5.65. The van der Waals surface area contributed by atoms with Gasteiger partial charge in [0.15, 0.2) is 5.17 Å². The van der Waals surface area contributed by atoms with E-state index >= 15 is 0 Å². The summed E-state index contributed by atoms with van der Waals surface area (Å²) in [5.41, 5.74) is 3.86. The Balaban J connectivity index is 1.43. The zero-order valence-corrected chi connectivity index (χ0v) is 16.0. The van der Waals surface area contributed by atoms with Crippen molar-refractivity contribution in [2.45, 2.75) is 5.75 Å². The number of nitrogens with zero attached hydrogens (tertiary/aromatic N) is 2. The second-order valence-corrected chi connectivity index (χ2v) is 7.42. The molecule has 1 aliphatic rings. The molecule has 5 heteroatoms. The van der Waals surface area contributed by atoms with Gasteiger partial charge in [0.05, 0.1) is 6.54 Å². The number of thioether (sulfide) groups is 1. The normalized spacial score (nSPS) is 13.5. The second-order valence-electron chi connectivity index (χ2n) is 6.48. The lowest BCUT2D eigenvalue weighted by Crippen LogP contribution is -2.32. The SMILES string of the molecule is O=C(c1ccc(-c2ccccc2)cc1)N1CCN=C1SCc1ccc(F)cc1. The van der Waals surface area contributed by atoms with E-state index in [1.165, 1.54) is 23.9 Å². The molecule has 0 N–H and O–H groups in total. The summed E-state index contributed by atoms with van der Waals surface area (Å²) in [6.45, 7) is 1.20. The van der Waals surface area contributed by atoms with Gasteiger partial charge in [-0.1, -0.05) is 66.4 Å². The van der Waals surface area contributed by atoms with Crippen LogP contribution in [0.1, 0.15) is 15.9 Å². The van der Waals surface area contributed by atoms with Gasteiger partial charge in [0.25, 0.3) is 5.91 Å². The van der Waals surface area contributed by atoms with Gasteiger partial charge in [-0.2, -0.15) is 0 Å². The first-order valence-corrected chi connectivity index (χ1v) is 10.1. The molecule has 0 atom stereocenters. The Bertz CT molecular complexity index is 985. The Labute approximate surface area is 167 Å². The molecule has 3 aromatic rings. The third-order valence-electron chi connectivity index (χ3n) is 4.57. The van der Waals surface area contributed by atoms with E-state index in [4.69, 9.17) is 0 Å². The van der Waals surface area contributed by atoms with Crippen molar-refractivity contribution in [1.29, 1.82) is 0 Å². The zero-order chi connectivity index (χ0) is 19.3. The van der Waals surface area contributed by atoms with Crippen LogP contribution in [-0.2, 0) is 5.75 Å². The lowest BCUT2D eigenvalue weighted by molar-refractivity contribution is 0.0860. The molecule has 1 aliphatic heterocycles. The van der Waals surface area contributed by atoms with Crippen molar-refractivity contribution < 1.29 is 9.18 Å². The van der Waals surface area contributed by atoms with Crippen molar-refractivity contribution in [1.82, 2.24) is 4.90 Å². The van der Waals surface area contributed by atoms with Crippen molar-refractivity contribution in [3.05, 3.63) is 95.8 Å². The number of rotatable bonds is 4. The van der Waals surface area contributed by atoms with E-state index in [0.29, 0.717) is 24.4 Å². The minimum absolute atomic E-state index is 0.0394. The smallest absolute Gasteiger partial charge is 0.259 e. The van der Waals surface area contributed by atoms with Crippen LogP contribution >= 0.6 is 11.8 Å². The van der Waals surface area contributed by atoms with Gasteiger partial charge in [-0.15, -0.1) is 0 Å². The van der Waals surface area contributed by atoms with Gasteiger partial charge in [0.2, 0.25) is 0 Å². The van der Waals surface area contributed by atoms with E-state index in [0.717, 1.165) is 21.9 Å². The highest BCUT2D eigenvalue weighted by atomic mass is 32.2. The summed E-state index contributed by atoms with van der Waals surface area (Å²) in [7, 11) is 0. The molecule has 0 unspecified atom stereocenters. The predicted molar refractivity (Wildman–Crippen MR) is 113 cm³/mol. The highest BCUT2D eigenvalue weighted by molar-refractivity contribution is 8.13.